The molecule has 1 amide bonds. The fourth-order valence-corrected chi connectivity index (χ4v) is 2.84. The van der Waals surface area contributed by atoms with Crippen LogP contribution in [0.5, 0.6) is 5.75 Å². The highest BCUT2D eigenvalue weighted by Crippen LogP contribution is 2.21. The van der Waals surface area contributed by atoms with Gasteiger partial charge in [-0.2, -0.15) is 0 Å². The van der Waals surface area contributed by atoms with Crippen LogP contribution in [0.1, 0.15) is 18.1 Å². The Morgan fingerprint density at radius 2 is 2.00 bits per heavy atom. The quantitative estimate of drug-likeness (QED) is 0.800. The Kier molecular flexibility index (Phi) is 6.95. The molecule has 1 atom stereocenters. The Hall–Kier alpha value is -2.40. The Bertz CT molecular complexity index is 705. The van der Waals surface area contributed by atoms with E-state index >= 15 is 0 Å². The molecular formula is C20H24FNO3. The third-order valence-electron chi connectivity index (χ3n) is 4.09. The fraction of sp³-hybridized carbons (Fsp3) is 0.350. The molecule has 0 heterocycles. The van der Waals surface area contributed by atoms with Crippen molar-refractivity contribution in [2.45, 2.75) is 19.9 Å². The van der Waals surface area contributed by atoms with Crippen LogP contribution in [0.25, 0.3) is 0 Å². The summed E-state index contributed by atoms with van der Waals surface area (Å²) >= 11 is 0. The first-order valence-electron chi connectivity index (χ1n) is 8.31. The molecule has 0 aliphatic carbocycles. The van der Waals surface area contributed by atoms with Gasteiger partial charge in [-0.05, 0) is 30.2 Å². The molecule has 0 saturated carbocycles. The standard InChI is InChI=1S/C20H24FNO3/c1-15(12-16-6-5-8-18(21)13-16)20(24)22(10-11-23)14-17-7-3-4-9-19(17)25-2/h3-9,13,15,23H,10-12,14H2,1-2H3. The molecular weight excluding hydrogens is 321 g/mol. The summed E-state index contributed by atoms with van der Waals surface area (Å²) in [6, 6.07) is 13.8. The van der Waals surface area contributed by atoms with Gasteiger partial charge in [0.2, 0.25) is 5.91 Å². The van der Waals surface area contributed by atoms with Crippen molar-refractivity contribution in [3.05, 3.63) is 65.5 Å². The molecule has 134 valence electrons. The van der Waals surface area contributed by atoms with Crippen LogP contribution in [0.2, 0.25) is 0 Å². The summed E-state index contributed by atoms with van der Waals surface area (Å²) in [6.07, 6.45) is 0.449. The lowest BCUT2D eigenvalue weighted by Crippen LogP contribution is -2.37. The number of para-hydroxylation sites is 1. The van der Waals surface area contributed by atoms with Crippen molar-refractivity contribution in [3.8, 4) is 5.75 Å². The number of nitrogens with zero attached hydrogens (tertiary/aromatic N) is 1. The van der Waals surface area contributed by atoms with Crippen LogP contribution in [0, 0.1) is 11.7 Å². The van der Waals surface area contributed by atoms with E-state index in [1.165, 1.54) is 12.1 Å². The second-order valence-corrected chi connectivity index (χ2v) is 6.03. The molecule has 1 unspecified atom stereocenters. The highest BCUT2D eigenvalue weighted by molar-refractivity contribution is 5.79. The monoisotopic (exact) mass is 345 g/mol. The Morgan fingerprint density at radius 3 is 2.68 bits per heavy atom. The molecule has 5 heteroatoms. The van der Waals surface area contributed by atoms with Crippen LogP contribution in [0.4, 0.5) is 4.39 Å². The van der Waals surface area contributed by atoms with E-state index in [4.69, 9.17) is 4.74 Å². The molecule has 0 bridgehead atoms. The smallest absolute Gasteiger partial charge is 0.226 e. The molecule has 0 radical (unpaired) electrons. The highest BCUT2D eigenvalue weighted by Gasteiger charge is 2.22. The van der Waals surface area contributed by atoms with Crippen molar-refractivity contribution < 1.29 is 19.0 Å². The molecule has 0 spiro atoms. The molecule has 0 aliphatic heterocycles. The minimum Gasteiger partial charge on any atom is -0.496 e. The summed E-state index contributed by atoms with van der Waals surface area (Å²) in [5.74, 6) is 0.00156. The number of hydrogen-bond donors (Lipinski definition) is 1. The number of carbonyl (C=O) groups excluding carboxylic acids is 1. The van der Waals surface area contributed by atoms with Gasteiger partial charge in [0.1, 0.15) is 11.6 Å². The van der Waals surface area contributed by atoms with Crippen LogP contribution in [0.3, 0.4) is 0 Å². The number of amides is 1. The Labute approximate surface area is 147 Å². The van der Waals surface area contributed by atoms with E-state index < -0.39 is 0 Å². The first kappa shape index (κ1) is 18.9. The van der Waals surface area contributed by atoms with E-state index in [2.05, 4.69) is 0 Å². The first-order valence-corrected chi connectivity index (χ1v) is 8.31. The topological polar surface area (TPSA) is 49.8 Å². The molecule has 25 heavy (non-hydrogen) atoms. The Balaban J connectivity index is 2.11. The number of aliphatic hydroxyl groups is 1. The number of carbonyl (C=O) groups is 1. The summed E-state index contributed by atoms with van der Waals surface area (Å²) in [4.78, 5) is 14.4. The maximum absolute atomic E-state index is 13.3. The van der Waals surface area contributed by atoms with Gasteiger partial charge in [-0.25, -0.2) is 4.39 Å². The molecule has 2 aromatic carbocycles. The lowest BCUT2D eigenvalue weighted by atomic mass is 9.99. The van der Waals surface area contributed by atoms with Gasteiger partial charge < -0.3 is 14.7 Å². The average molecular weight is 345 g/mol. The second kappa shape index (κ2) is 9.18. The molecule has 2 aromatic rings. The van der Waals surface area contributed by atoms with Crippen LogP contribution in [-0.2, 0) is 17.8 Å². The third-order valence-corrected chi connectivity index (χ3v) is 4.09. The predicted molar refractivity (Wildman–Crippen MR) is 94.8 cm³/mol. The number of benzene rings is 2. The van der Waals surface area contributed by atoms with Crippen LogP contribution < -0.4 is 4.74 Å². The number of methoxy groups -OCH3 is 1. The van der Waals surface area contributed by atoms with Gasteiger partial charge in [-0.3, -0.25) is 4.79 Å². The number of hydrogen-bond acceptors (Lipinski definition) is 3. The van der Waals surface area contributed by atoms with Gasteiger partial charge >= 0.3 is 0 Å². The number of halogens is 1. The zero-order valence-electron chi connectivity index (χ0n) is 14.6. The van der Waals surface area contributed by atoms with Crippen molar-refractivity contribution in [1.29, 1.82) is 0 Å². The predicted octanol–water partition coefficient (Wildman–Crippen LogP) is 3.03. The maximum Gasteiger partial charge on any atom is 0.226 e. The zero-order chi connectivity index (χ0) is 18.2. The normalized spacial score (nSPS) is 11.8. The van der Waals surface area contributed by atoms with E-state index in [0.29, 0.717) is 18.7 Å². The summed E-state index contributed by atoms with van der Waals surface area (Å²) in [6.45, 7) is 2.30. The summed E-state index contributed by atoms with van der Waals surface area (Å²) in [7, 11) is 1.59. The van der Waals surface area contributed by atoms with Crippen molar-refractivity contribution in [1.82, 2.24) is 4.90 Å². The van der Waals surface area contributed by atoms with Gasteiger partial charge in [-0.1, -0.05) is 37.3 Å². The molecule has 4 nitrogen and oxygen atoms in total. The lowest BCUT2D eigenvalue weighted by molar-refractivity contribution is -0.136. The minimum absolute atomic E-state index is 0.0794. The molecule has 0 fully saturated rings. The van der Waals surface area contributed by atoms with Crippen LogP contribution >= 0.6 is 0 Å². The van der Waals surface area contributed by atoms with E-state index in [9.17, 15) is 14.3 Å². The van der Waals surface area contributed by atoms with E-state index in [1.54, 1.807) is 18.1 Å². The summed E-state index contributed by atoms with van der Waals surface area (Å²) in [5, 5.41) is 9.32. The lowest BCUT2D eigenvalue weighted by Gasteiger charge is -2.26. The minimum atomic E-state index is -0.317. The molecule has 1 N–H and O–H groups in total. The highest BCUT2D eigenvalue weighted by atomic mass is 19.1. The molecule has 0 aliphatic rings. The number of ether oxygens (including phenoxy) is 1. The van der Waals surface area contributed by atoms with Gasteiger partial charge in [0.15, 0.2) is 0 Å². The van der Waals surface area contributed by atoms with Crippen molar-refractivity contribution in [2.24, 2.45) is 5.92 Å². The van der Waals surface area contributed by atoms with E-state index in [1.807, 2.05) is 37.3 Å². The summed E-state index contributed by atoms with van der Waals surface area (Å²) in [5.41, 5.74) is 1.66. The van der Waals surface area contributed by atoms with Gasteiger partial charge in [0, 0.05) is 24.6 Å². The SMILES string of the molecule is COc1ccccc1CN(CCO)C(=O)C(C)Cc1cccc(F)c1. The van der Waals surface area contributed by atoms with Gasteiger partial charge in [-0.15, -0.1) is 0 Å². The van der Waals surface area contributed by atoms with Crippen molar-refractivity contribution in [3.63, 3.8) is 0 Å². The summed E-state index contributed by atoms with van der Waals surface area (Å²) < 4.78 is 18.7. The van der Waals surface area contributed by atoms with Crippen LogP contribution in [-0.4, -0.2) is 36.2 Å². The van der Waals surface area contributed by atoms with Crippen LogP contribution in [0.15, 0.2) is 48.5 Å². The molecule has 2 rings (SSSR count). The molecule has 0 saturated heterocycles. The average Bonchev–Trinajstić information content (AvgIpc) is 2.61. The third kappa shape index (κ3) is 5.29. The fourth-order valence-electron chi connectivity index (χ4n) is 2.84. The number of rotatable bonds is 8. The maximum atomic E-state index is 13.3. The van der Waals surface area contributed by atoms with E-state index in [-0.39, 0.29) is 30.8 Å². The first-order chi connectivity index (χ1) is 12.0. The molecule has 0 aromatic heterocycles. The Morgan fingerprint density at radius 1 is 1.24 bits per heavy atom. The van der Waals surface area contributed by atoms with E-state index in [0.717, 1.165) is 11.1 Å². The number of aliphatic hydroxyl groups excluding tert-OH is 1. The van der Waals surface area contributed by atoms with Gasteiger partial charge in [0.05, 0.1) is 13.7 Å². The van der Waals surface area contributed by atoms with Crippen molar-refractivity contribution >= 4 is 5.91 Å². The van der Waals surface area contributed by atoms with Crippen molar-refractivity contribution in [2.75, 3.05) is 20.3 Å². The largest absolute Gasteiger partial charge is 0.496 e. The zero-order valence-corrected chi connectivity index (χ0v) is 14.6. The second-order valence-electron chi connectivity index (χ2n) is 6.03. The van der Waals surface area contributed by atoms with Gasteiger partial charge in [0.25, 0.3) is 0 Å².